The number of Topliss-reactive ketones (excluding diaryl/α,β-unsaturated/α-hetero) is 1. The number of carbonyl (C=O) groups excluding carboxylic acids is 2. The van der Waals surface area contributed by atoms with E-state index in [0.717, 1.165) is 5.56 Å². The number of carbonyl (C=O) groups is 2. The summed E-state index contributed by atoms with van der Waals surface area (Å²) in [6.45, 7) is -2.57. The lowest BCUT2D eigenvalue weighted by Crippen LogP contribution is -2.26. The van der Waals surface area contributed by atoms with E-state index in [2.05, 4.69) is 10.1 Å². The minimum absolute atomic E-state index is 0.0419. The summed E-state index contributed by atoms with van der Waals surface area (Å²) in [6.07, 6.45) is 0.741. The number of alkyl halides is 2. The Morgan fingerprint density at radius 3 is 2.44 bits per heavy atom. The molecular formula is C20H21F2NO4. The van der Waals surface area contributed by atoms with Crippen molar-refractivity contribution in [2.45, 2.75) is 25.9 Å². The molecule has 0 aliphatic carbocycles. The average Bonchev–Trinajstić information content (AvgIpc) is 2.67. The maximum atomic E-state index is 12.3. The quantitative estimate of drug-likeness (QED) is 0.643. The van der Waals surface area contributed by atoms with Crippen molar-refractivity contribution >= 4 is 11.7 Å². The van der Waals surface area contributed by atoms with Crippen LogP contribution in [0.5, 0.6) is 11.5 Å². The second-order valence-electron chi connectivity index (χ2n) is 5.75. The van der Waals surface area contributed by atoms with E-state index in [1.165, 1.54) is 13.2 Å². The van der Waals surface area contributed by atoms with Gasteiger partial charge < -0.3 is 14.8 Å². The molecule has 0 spiro atoms. The van der Waals surface area contributed by atoms with Crippen LogP contribution in [0, 0.1) is 0 Å². The number of ether oxygens (including phenoxy) is 2. The Hall–Kier alpha value is -2.96. The van der Waals surface area contributed by atoms with E-state index in [9.17, 15) is 18.4 Å². The summed E-state index contributed by atoms with van der Waals surface area (Å²) >= 11 is 0. The molecule has 7 heteroatoms. The van der Waals surface area contributed by atoms with Crippen LogP contribution in [0.25, 0.3) is 0 Å². The Bertz CT molecular complexity index is 766. The zero-order valence-corrected chi connectivity index (χ0v) is 14.9. The van der Waals surface area contributed by atoms with Gasteiger partial charge in [-0.1, -0.05) is 36.4 Å². The summed E-state index contributed by atoms with van der Waals surface area (Å²) in [5.74, 6) is -0.138. The van der Waals surface area contributed by atoms with E-state index < -0.39 is 6.61 Å². The summed E-state index contributed by atoms with van der Waals surface area (Å²) in [6, 6.07) is 13.4. The molecule has 0 heterocycles. The van der Waals surface area contributed by atoms with Gasteiger partial charge in [0.2, 0.25) is 5.91 Å². The maximum Gasteiger partial charge on any atom is 0.387 e. The van der Waals surface area contributed by atoms with Gasteiger partial charge in [0.05, 0.1) is 7.11 Å². The van der Waals surface area contributed by atoms with Crippen molar-refractivity contribution < 1.29 is 27.8 Å². The fourth-order valence-corrected chi connectivity index (χ4v) is 2.49. The topological polar surface area (TPSA) is 64.6 Å². The van der Waals surface area contributed by atoms with Crippen molar-refractivity contribution in [3.05, 3.63) is 59.7 Å². The Kier molecular flexibility index (Phi) is 7.73. The number of nitrogens with one attached hydrogen (secondary N) is 1. The van der Waals surface area contributed by atoms with Crippen LogP contribution in [-0.2, 0) is 11.2 Å². The van der Waals surface area contributed by atoms with Crippen molar-refractivity contribution in [1.29, 1.82) is 0 Å². The van der Waals surface area contributed by atoms with Crippen molar-refractivity contribution in [3.8, 4) is 11.5 Å². The van der Waals surface area contributed by atoms with Gasteiger partial charge in [-0.05, 0) is 24.1 Å². The fraction of sp³-hybridized carbons (Fsp3) is 0.300. The second-order valence-corrected chi connectivity index (χ2v) is 5.75. The summed E-state index contributed by atoms with van der Waals surface area (Å²) in [5, 5.41) is 2.74. The summed E-state index contributed by atoms with van der Waals surface area (Å²) in [7, 11) is 1.36. The third-order valence-electron chi connectivity index (χ3n) is 3.85. The van der Waals surface area contributed by atoms with Gasteiger partial charge in [-0.2, -0.15) is 8.78 Å². The molecule has 0 unspecified atom stereocenters. The highest BCUT2D eigenvalue weighted by Gasteiger charge is 2.12. The molecule has 0 saturated heterocycles. The number of methoxy groups -OCH3 is 1. The van der Waals surface area contributed by atoms with Crippen molar-refractivity contribution in [3.63, 3.8) is 0 Å². The Balaban J connectivity index is 1.77. The van der Waals surface area contributed by atoms with Crippen LogP contribution in [0.1, 0.15) is 28.8 Å². The molecule has 0 bridgehead atoms. The molecule has 0 aliphatic heterocycles. The van der Waals surface area contributed by atoms with Crippen LogP contribution >= 0.6 is 0 Å². The molecule has 0 aliphatic rings. The third kappa shape index (κ3) is 6.69. The number of rotatable bonds is 10. The van der Waals surface area contributed by atoms with Crippen LogP contribution in [0.2, 0.25) is 0 Å². The predicted octanol–water partition coefficient (Wildman–Crippen LogP) is 3.62. The van der Waals surface area contributed by atoms with Gasteiger partial charge in [0, 0.05) is 24.9 Å². The molecule has 1 amide bonds. The third-order valence-corrected chi connectivity index (χ3v) is 3.85. The molecule has 27 heavy (non-hydrogen) atoms. The minimum Gasteiger partial charge on any atom is -0.493 e. The fourth-order valence-electron chi connectivity index (χ4n) is 2.49. The largest absolute Gasteiger partial charge is 0.493 e. The first kappa shape index (κ1) is 20.4. The highest BCUT2D eigenvalue weighted by molar-refractivity contribution is 5.97. The molecule has 1 N–H and O–H groups in total. The molecule has 0 aromatic heterocycles. The van der Waals surface area contributed by atoms with Crippen molar-refractivity contribution in [1.82, 2.24) is 5.32 Å². The van der Waals surface area contributed by atoms with E-state index in [4.69, 9.17) is 4.74 Å². The molecule has 0 atom stereocenters. The van der Waals surface area contributed by atoms with Gasteiger partial charge in [-0.3, -0.25) is 9.59 Å². The van der Waals surface area contributed by atoms with E-state index in [1.54, 1.807) is 36.4 Å². The lowest BCUT2D eigenvalue weighted by Gasteiger charge is -2.11. The zero-order chi connectivity index (χ0) is 19.6. The minimum atomic E-state index is -2.93. The van der Waals surface area contributed by atoms with Crippen molar-refractivity contribution in [2.24, 2.45) is 0 Å². The molecule has 2 aromatic rings. The normalized spacial score (nSPS) is 10.5. The number of amides is 1. The molecule has 2 aromatic carbocycles. The average molecular weight is 377 g/mol. The number of halogens is 2. The van der Waals surface area contributed by atoms with Gasteiger partial charge in [0.1, 0.15) is 0 Å². The Morgan fingerprint density at radius 1 is 1.04 bits per heavy atom. The highest BCUT2D eigenvalue weighted by Crippen LogP contribution is 2.29. The molecule has 0 saturated carbocycles. The summed E-state index contributed by atoms with van der Waals surface area (Å²) < 4.78 is 34.0. The molecular weight excluding hydrogens is 356 g/mol. The van der Waals surface area contributed by atoms with Crippen molar-refractivity contribution in [2.75, 3.05) is 13.7 Å². The molecule has 0 fully saturated rings. The SMILES string of the molecule is COc1cc(CCNC(=O)CCC(=O)c2ccccc2)ccc1OC(F)F. The lowest BCUT2D eigenvalue weighted by atomic mass is 10.1. The van der Waals surface area contributed by atoms with Gasteiger partial charge >= 0.3 is 6.61 Å². The summed E-state index contributed by atoms with van der Waals surface area (Å²) in [5.41, 5.74) is 1.39. The van der Waals surface area contributed by atoms with E-state index >= 15 is 0 Å². The number of ketones is 1. The molecule has 0 radical (unpaired) electrons. The predicted molar refractivity (Wildman–Crippen MR) is 96.3 cm³/mol. The van der Waals surface area contributed by atoms with Gasteiger partial charge in [0.25, 0.3) is 0 Å². The monoisotopic (exact) mass is 377 g/mol. The zero-order valence-electron chi connectivity index (χ0n) is 14.9. The van der Waals surface area contributed by atoms with Gasteiger partial charge in [-0.15, -0.1) is 0 Å². The van der Waals surface area contributed by atoms with E-state index in [1.807, 2.05) is 6.07 Å². The smallest absolute Gasteiger partial charge is 0.387 e. The van der Waals surface area contributed by atoms with Crippen LogP contribution in [0.3, 0.4) is 0 Å². The van der Waals surface area contributed by atoms with Crippen LogP contribution < -0.4 is 14.8 Å². The van der Waals surface area contributed by atoms with Crippen LogP contribution in [0.15, 0.2) is 48.5 Å². The number of benzene rings is 2. The molecule has 5 nitrogen and oxygen atoms in total. The maximum absolute atomic E-state index is 12.3. The first-order valence-electron chi connectivity index (χ1n) is 8.46. The number of hydrogen-bond donors (Lipinski definition) is 1. The van der Waals surface area contributed by atoms with Gasteiger partial charge in [0.15, 0.2) is 17.3 Å². The lowest BCUT2D eigenvalue weighted by molar-refractivity contribution is -0.121. The Morgan fingerprint density at radius 2 is 1.78 bits per heavy atom. The molecule has 144 valence electrons. The highest BCUT2D eigenvalue weighted by atomic mass is 19.3. The van der Waals surface area contributed by atoms with Crippen LogP contribution in [-0.4, -0.2) is 32.0 Å². The van der Waals surface area contributed by atoms with Gasteiger partial charge in [-0.25, -0.2) is 0 Å². The summed E-state index contributed by atoms with van der Waals surface area (Å²) in [4.78, 5) is 23.8. The molecule has 2 rings (SSSR count). The first-order chi connectivity index (χ1) is 13.0. The standard InChI is InChI=1S/C20H21F2NO4/c1-26-18-13-14(7-9-17(18)27-20(21)22)11-12-23-19(25)10-8-16(24)15-5-3-2-4-6-15/h2-7,9,13,20H,8,10-12H2,1H3,(H,23,25). The first-order valence-corrected chi connectivity index (χ1v) is 8.46. The Labute approximate surface area is 156 Å². The number of hydrogen-bond acceptors (Lipinski definition) is 4. The van der Waals surface area contributed by atoms with Crippen LogP contribution in [0.4, 0.5) is 8.78 Å². The van der Waals surface area contributed by atoms with E-state index in [0.29, 0.717) is 18.5 Å². The second kappa shape index (κ2) is 10.3. The van der Waals surface area contributed by atoms with E-state index in [-0.39, 0.29) is 36.0 Å².